The van der Waals surface area contributed by atoms with Crippen molar-refractivity contribution in [2.45, 2.75) is 6.54 Å². The topological polar surface area (TPSA) is 105 Å². The van der Waals surface area contributed by atoms with E-state index in [0.717, 1.165) is 32.0 Å². The lowest BCUT2D eigenvalue weighted by atomic mass is 10.2. The zero-order valence-corrected chi connectivity index (χ0v) is 14.6. The summed E-state index contributed by atoms with van der Waals surface area (Å²) in [5.41, 5.74) is 1.23. The van der Waals surface area contributed by atoms with Crippen LogP contribution in [-0.2, 0) is 11.3 Å². The number of para-hydroxylation sites is 1. The molecule has 1 aromatic carbocycles. The van der Waals surface area contributed by atoms with Crippen molar-refractivity contribution in [2.24, 2.45) is 0 Å². The molecule has 3 aromatic rings. The molecule has 1 saturated heterocycles. The molecule has 1 amide bonds. The molecular weight excluding hydrogens is 346 g/mol. The summed E-state index contributed by atoms with van der Waals surface area (Å²) in [6.45, 7) is 3.56. The molecule has 0 radical (unpaired) electrons. The Bertz CT molecular complexity index is 876. The third-order valence-corrected chi connectivity index (χ3v) is 4.34. The van der Waals surface area contributed by atoms with E-state index in [-0.39, 0.29) is 12.5 Å². The van der Waals surface area contributed by atoms with Crippen LogP contribution in [0, 0.1) is 0 Å². The van der Waals surface area contributed by atoms with Crippen LogP contribution in [0.2, 0.25) is 0 Å². The standard InChI is InChI=1S/C17H19N9O/c27-17(11-26-13-20-22-23-26)21-15-10-16(19-12-18-15)25-8-6-24(7-9-25)14-4-2-1-3-5-14/h1-5,10,12-13H,6-9,11H2,(H,18,19,21,27). The molecule has 0 bridgehead atoms. The van der Waals surface area contributed by atoms with Gasteiger partial charge >= 0.3 is 0 Å². The molecule has 1 fully saturated rings. The van der Waals surface area contributed by atoms with Crippen LogP contribution in [0.15, 0.2) is 49.1 Å². The Morgan fingerprint density at radius 2 is 1.81 bits per heavy atom. The average Bonchev–Trinajstić information content (AvgIpc) is 3.22. The molecule has 3 heterocycles. The Hall–Kier alpha value is -3.56. The first-order valence-corrected chi connectivity index (χ1v) is 8.65. The molecule has 0 aliphatic carbocycles. The van der Waals surface area contributed by atoms with Gasteiger partial charge < -0.3 is 15.1 Å². The molecular formula is C17H19N9O. The molecule has 27 heavy (non-hydrogen) atoms. The van der Waals surface area contributed by atoms with Gasteiger partial charge in [-0.25, -0.2) is 14.6 Å². The molecule has 10 heteroatoms. The van der Waals surface area contributed by atoms with Crippen molar-refractivity contribution in [3.8, 4) is 0 Å². The molecule has 4 rings (SSSR count). The third kappa shape index (κ3) is 4.17. The van der Waals surface area contributed by atoms with E-state index in [0.29, 0.717) is 5.82 Å². The van der Waals surface area contributed by atoms with Crippen molar-refractivity contribution >= 4 is 23.2 Å². The fourth-order valence-electron chi connectivity index (χ4n) is 3.00. The number of carbonyl (C=O) groups is 1. The van der Waals surface area contributed by atoms with Gasteiger partial charge in [0.2, 0.25) is 5.91 Å². The van der Waals surface area contributed by atoms with Gasteiger partial charge in [0.15, 0.2) is 0 Å². The summed E-state index contributed by atoms with van der Waals surface area (Å²) in [6, 6.07) is 12.2. The number of amides is 1. The quantitative estimate of drug-likeness (QED) is 0.694. The van der Waals surface area contributed by atoms with Gasteiger partial charge in [-0.3, -0.25) is 4.79 Å². The second-order valence-corrected chi connectivity index (χ2v) is 6.13. The van der Waals surface area contributed by atoms with Crippen LogP contribution in [0.3, 0.4) is 0 Å². The van der Waals surface area contributed by atoms with E-state index in [1.54, 1.807) is 6.07 Å². The van der Waals surface area contributed by atoms with Gasteiger partial charge in [-0.1, -0.05) is 18.2 Å². The summed E-state index contributed by atoms with van der Waals surface area (Å²) >= 11 is 0. The fourth-order valence-corrected chi connectivity index (χ4v) is 3.00. The van der Waals surface area contributed by atoms with Crippen LogP contribution < -0.4 is 15.1 Å². The van der Waals surface area contributed by atoms with Gasteiger partial charge in [0.05, 0.1) is 0 Å². The van der Waals surface area contributed by atoms with Gasteiger partial charge in [0, 0.05) is 37.9 Å². The number of tetrazole rings is 1. The number of nitrogens with one attached hydrogen (secondary N) is 1. The molecule has 10 nitrogen and oxygen atoms in total. The van der Waals surface area contributed by atoms with Crippen molar-refractivity contribution in [3.05, 3.63) is 49.1 Å². The SMILES string of the molecule is O=C(Cn1cnnn1)Nc1cc(N2CCN(c3ccccc3)CC2)ncn1. The van der Waals surface area contributed by atoms with Crippen molar-refractivity contribution in [2.75, 3.05) is 41.3 Å². The van der Waals surface area contributed by atoms with Crippen LogP contribution in [0.5, 0.6) is 0 Å². The summed E-state index contributed by atoms with van der Waals surface area (Å²) in [7, 11) is 0. The summed E-state index contributed by atoms with van der Waals surface area (Å²) < 4.78 is 1.35. The van der Waals surface area contributed by atoms with E-state index < -0.39 is 0 Å². The summed E-state index contributed by atoms with van der Waals surface area (Å²) in [6.07, 6.45) is 2.85. The van der Waals surface area contributed by atoms with Gasteiger partial charge in [-0.05, 0) is 22.6 Å². The van der Waals surface area contributed by atoms with E-state index in [9.17, 15) is 4.79 Å². The Labute approximate surface area is 155 Å². The summed E-state index contributed by atoms with van der Waals surface area (Å²) in [5.74, 6) is 1.01. The lowest BCUT2D eigenvalue weighted by molar-refractivity contribution is -0.116. The zero-order valence-electron chi connectivity index (χ0n) is 14.6. The second-order valence-electron chi connectivity index (χ2n) is 6.13. The minimum atomic E-state index is -0.249. The maximum absolute atomic E-state index is 12.1. The zero-order chi connectivity index (χ0) is 18.5. The Kier molecular flexibility index (Phi) is 4.86. The highest BCUT2D eigenvalue weighted by Crippen LogP contribution is 2.20. The normalized spacial score (nSPS) is 14.2. The minimum Gasteiger partial charge on any atom is -0.368 e. The maximum Gasteiger partial charge on any atom is 0.247 e. The number of nitrogens with zero attached hydrogens (tertiary/aromatic N) is 8. The number of aromatic nitrogens is 6. The van der Waals surface area contributed by atoms with E-state index in [1.807, 2.05) is 6.07 Å². The monoisotopic (exact) mass is 365 g/mol. The van der Waals surface area contributed by atoms with Crippen molar-refractivity contribution in [1.82, 2.24) is 30.2 Å². The molecule has 2 aromatic heterocycles. The molecule has 138 valence electrons. The molecule has 0 saturated carbocycles. The highest BCUT2D eigenvalue weighted by molar-refractivity contribution is 5.89. The Morgan fingerprint density at radius 3 is 2.56 bits per heavy atom. The first-order chi connectivity index (χ1) is 13.3. The molecule has 1 aliphatic rings. The number of carbonyl (C=O) groups excluding carboxylic acids is 1. The largest absolute Gasteiger partial charge is 0.368 e. The van der Waals surface area contributed by atoms with Gasteiger partial charge in [0.25, 0.3) is 0 Å². The highest BCUT2D eigenvalue weighted by atomic mass is 16.2. The predicted octanol–water partition coefficient (Wildman–Crippen LogP) is 0.428. The number of hydrogen-bond acceptors (Lipinski definition) is 8. The lowest BCUT2D eigenvalue weighted by Gasteiger charge is -2.36. The number of benzene rings is 1. The first kappa shape index (κ1) is 16.9. The van der Waals surface area contributed by atoms with Crippen molar-refractivity contribution in [1.29, 1.82) is 0 Å². The number of rotatable bonds is 5. The summed E-state index contributed by atoms with van der Waals surface area (Å²) in [5, 5.41) is 13.4. The Balaban J connectivity index is 1.36. The van der Waals surface area contributed by atoms with Crippen molar-refractivity contribution < 1.29 is 4.79 Å². The average molecular weight is 365 g/mol. The molecule has 0 unspecified atom stereocenters. The van der Waals surface area contributed by atoms with Crippen LogP contribution in [0.4, 0.5) is 17.3 Å². The van der Waals surface area contributed by atoms with E-state index in [1.165, 1.54) is 23.0 Å². The fraction of sp³-hybridized carbons (Fsp3) is 0.294. The van der Waals surface area contributed by atoms with E-state index in [2.05, 4.69) is 64.9 Å². The maximum atomic E-state index is 12.1. The number of anilines is 3. The lowest BCUT2D eigenvalue weighted by Crippen LogP contribution is -2.46. The number of piperazine rings is 1. The molecule has 0 spiro atoms. The van der Waals surface area contributed by atoms with Crippen LogP contribution in [0.25, 0.3) is 0 Å². The molecule has 0 atom stereocenters. The summed E-state index contributed by atoms with van der Waals surface area (Å²) in [4.78, 5) is 25.1. The van der Waals surface area contributed by atoms with Crippen molar-refractivity contribution in [3.63, 3.8) is 0 Å². The third-order valence-electron chi connectivity index (χ3n) is 4.34. The number of hydrogen-bond donors (Lipinski definition) is 1. The van der Waals surface area contributed by atoms with E-state index in [4.69, 9.17) is 0 Å². The molecule has 1 aliphatic heterocycles. The van der Waals surface area contributed by atoms with Gasteiger partial charge in [-0.15, -0.1) is 5.10 Å². The highest BCUT2D eigenvalue weighted by Gasteiger charge is 2.19. The Morgan fingerprint density at radius 1 is 1.04 bits per heavy atom. The van der Waals surface area contributed by atoms with Gasteiger partial charge in [0.1, 0.15) is 30.8 Å². The smallest absolute Gasteiger partial charge is 0.247 e. The molecule has 1 N–H and O–H groups in total. The predicted molar refractivity (Wildman–Crippen MR) is 99.3 cm³/mol. The second kappa shape index (κ2) is 7.77. The first-order valence-electron chi connectivity index (χ1n) is 8.65. The van der Waals surface area contributed by atoms with Crippen LogP contribution >= 0.6 is 0 Å². The van der Waals surface area contributed by atoms with Crippen LogP contribution in [0.1, 0.15) is 0 Å². The van der Waals surface area contributed by atoms with Crippen LogP contribution in [-0.4, -0.2) is 62.3 Å². The minimum absolute atomic E-state index is 0.0298. The van der Waals surface area contributed by atoms with E-state index >= 15 is 0 Å². The van der Waals surface area contributed by atoms with Gasteiger partial charge in [-0.2, -0.15) is 0 Å².